The summed E-state index contributed by atoms with van der Waals surface area (Å²) in [5.41, 5.74) is 1.42. The Balaban J connectivity index is 1.56. The fourth-order valence-corrected chi connectivity index (χ4v) is 3.06. The minimum atomic E-state index is -0.0912. The van der Waals surface area contributed by atoms with Crippen LogP contribution in [0.15, 0.2) is 24.3 Å². The highest BCUT2D eigenvalue weighted by molar-refractivity contribution is 5.99. The van der Waals surface area contributed by atoms with E-state index in [4.69, 9.17) is 4.74 Å². The molecule has 0 radical (unpaired) electrons. The van der Waals surface area contributed by atoms with Crippen molar-refractivity contribution in [3.05, 3.63) is 29.8 Å². The smallest absolute Gasteiger partial charge is 0.251 e. The zero-order valence-corrected chi connectivity index (χ0v) is 12.7. The topological polar surface area (TPSA) is 58.6 Å². The summed E-state index contributed by atoms with van der Waals surface area (Å²) in [6.07, 6.45) is 4.83. The third-order valence-electron chi connectivity index (χ3n) is 4.27. The molecule has 2 heterocycles. The molecule has 0 saturated carbocycles. The summed E-state index contributed by atoms with van der Waals surface area (Å²) < 4.78 is 5.54. The molecule has 1 atom stereocenters. The molecule has 22 heavy (non-hydrogen) atoms. The number of ether oxygens (including phenoxy) is 1. The van der Waals surface area contributed by atoms with Gasteiger partial charge in [0.2, 0.25) is 5.91 Å². The van der Waals surface area contributed by atoms with Gasteiger partial charge in [0, 0.05) is 37.4 Å². The van der Waals surface area contributed by atoms with E-state index in [1.807, 2.05) is 12.1 Å². The Kier molecular flexibility index (Phi) is 4.73. The maximum absolute atomic E-state index is 12.2. The van der Waals surface area contributed by atoms with Gasteiger partial charge in [-0.05, 0) is 43.9 Å². The molecule has 3 rings (SSSR count). The van der Waals surface area contributed by atoms with Gasteiger partial charge in [-0.15, -0.1) is 0 Å². The minimum absolute atomic E-state index is 0.0912. The van der Waals surface area contributed by atoms with E-state index in [0.29, 0.717) is 18.5 Å². The number of hydrogen-bond donors (Lipinski definition) is 1. The van der Waals surface area contributed by atoms with Crippen LogP contribution in [0.25, 0.3) is 0 Å². The lowest BCUT2D eigenvalue weighted by Gasteiger charge is -2.16. The Bertz CT molecular complexity index is 553. The normalized spacial score (nSPS) is 21.4. The van der Waals surface area contributed by atoms with E-state index < -0.39 is 0 Å². The molecule has 1 N–H and O–H groups in total. The van der Waals surface area contributed by atoms with E-state index in [1.54, 1.807) is 17.0 Å². The van der Waals surface area contributed by atoms with Crippen molar-refractivity contribution < 1.29 is 14.3 Å². The summed E-state index contributed by atoms with van der Waals surface area (Å²) in [6.45, 7) is 2.20. The average molecular weight is 302 g/mol. The van der Waals surface area contributed by atoms with Crippen molar-refractivity contribution >= 4 is 17.5 Å². The fraction of sp³-hybridized carbons (Fsp3) is 0.529. The molecule has 0 aromatic heterocycles. The van der Waals surface area contributed by atoms with Crippen LogP contribution in [0.4, 0.5) is 5.69 Å². The maximum Gasteiger partial charge on any atom is 0.251 e. The standard InChI is InChI=1S/C17H22N2O3/c20-16-7-2-10-19(16)14-5-1-4-13(12-14)17(21)18-9-8-15-6-3-11-22-15/h1,4-5,12,15H,2-3,6-11H2,(H,18,21)/t15-/m1/s1. The molecule has 0 bridgehead atoms. The van der Waals surface area contributed by atoms with E-state index in [1.165, 1.54) is 0 Å². The molecule has 1 aromatic carbocycles. The summed E-state index contributed by atoms with van der Waals surface area (Å²) in [6, 6.07) is 7.29. The number of amides is 2. The number of nitrogens with one attached hydrogen (secondary N) is 1. The molecule has 2 saturated heterocycles. The molecule has 0 spiro atoms. The predicted octanol–water partition coefficient (Wildman–Crippen LogP) is 2.11. The van der Waals surface area contributed by atoms with Crippen molar-refractivity contribution in [3.63, 3.8) is 0 Å². The number of carbonyl (C=O) groups is 2. The van der Waals surface area contributed by atoms with Crippen LogP contribution in [0.1, 0.15) is 42.5 Å². The third-order valence-corrected chi connectivity index (χ3v) is 4.27. The quantitative estimate of drug-likeness (QED) is 0.906. The lowest BCUT2D eigenvalue weighted by molar-refractivity contribution is -0.117. The van der Waals surface area contributed by atoms with Crippen molar-refractivity contribution in [3.8, 4) is 0 Å². The van der Waals surface area contributed by atoms with Crippen molar-refractivity contribution in [2.75, 3.05) is 24.6 Å². The maximum atomic E-state index is 12.2. The monoisotopic (exact) mass is 302 g/mol. The molecule has 2 aliphatic rings. The van der Waals surface area contributed by atoms with Gasteiger partial charge < -0.3 is 15.0 Å². The van der Waals surface area contributed by atoms with E-state index in [-0.39, 0.29) is 17.9 Å². The predicted molar refractivity (Wildman–Crippen MR) is 84.0 cm³/mol. The molecule has 5 nitrogen and oxygen atoms in total. The van der Waals surface area contributed by atoms with Crippen LogP contribution >= 0.6 is 0 Å². The number of carbonyl (C=O) groups excluding carboxylic acids is 2. The zero-order valence-electron chi connectivity index (χ0n) is 12.7. The highest BCUT2D eigenvalue weighted by Crippen LogP contribution is 2.22. The van der Waals surface area contributed by atoms with Gasteiger partial charge in [0.1, 0.15) is 0 Å². The van der Waals surface area contributed by atoms with Crippen molar-refractivity contribution in [2.24, 2.45) is 0 Å². The Morgan fingerprint density at radius 2 is 2.27 bits per heavy atom. The van der Waals surface area contributed by atoms with Gasteiger partial charge in [-0.3, -0.25) is 9.59 Å². The van der Waals surface area contributed by atoms with Crippen molar-refractivity contribution in [1.29, 1.82) is 0 Å². The van der Waals surface area contributed by atoms with Gasteiger partial charge >= 0.3 is 0 Å². The van der Waals surface area contributed by atoms with E-state index in [2.05, 4.69) is 5.32 Å². The zero-order chi connectivity index (χ0) is 15.4. The van der Waals surface area contributed by atoms with Gasteiger partial charge in [0.15, 0.2) is 0 Å². The number of hydrogen-bond acceptors (Lipinski definition) is 3. The van der Waals surface area contributed by atoms with Crippen LogP contribution in [0, 0.1) is 0 Å². The first kappa shape index (κ1) is 15.0. The van der Waals surface area contributed by atoms with Gasteiger partial charge in [-0.25, -0.2) is 0 Å². The Hall–Kier alpha value is -1.88. The van der Waals surface area contributed by atoms with Crippen LogP contribution in [0.3, 0.4) is 0 Å². The van der Waals surface area contributed by atoms with Crippen molar-refractivity contribution in [1.82, 2.24) is 5.32 Å². The van der Waals surface area contributed by atoms with Crippen LogP contribution in [0.2, 0.25) is 0 Å². The van der Waals surface area contributed by atoms with Gasteiger partial charge in [-0.2, -0.15) is 0 Å². The highest BCUT2D eigenvalue weighted by atomic mass is 16.5. The first-order valence-electron chi connectivity index (χ1n) is 8.04. The summed E-state index contributed by atoms with van der Waals surface area (Å²) in [5, 5.41) is 2.93. The Morgan fingerprint density at radius 1 is 1.36 bits per heavy atom. The van der Waals surface area contributed by atoms with E-state index >= 15 is 0 Å². The summed E-state index contributed by atoms with van der Waals surface area (Å²) in [5.74, 6) is 0.0439. The van der Waals surface area contributed by atoms with Crippen LogP contribution in [0.5, 0.6) is 0 Å². The van der Waals surface area contributed by atoms with Crippen LogP contribution in [-0.4, -0.2) is 37.6 Å². The van der Waals surface area contributed by atoms with E-state index in [0.717, 1.165) is 44.5 Å². The summed E-state index contributed by atoms with van der Waals surface area (Å²) >= 11 is 0. The first-order chi connectivity index (χ1) is 10.7. The van der Waals surface area contributed by atoms with Crippen molar-refractivity contribution in [2.45, 2.75) is 38.2 Å². The second-order valence-corrected chi connectivity index (χ2v) is 5.88. The fourth-order valence-electron chi connectivity index (χ4n) is 3.06. The van der Waals surface area contributed by atoms with Gasteiger partial charge in [-0.1, -0.05) is 6.07 Å². The molecule has 2 amide bonds. The molecule has 0 unspecified atom stereocenters. The minimum Gasteiger partial charge on any atom is -0.378 e. The van der Waals surface area contributed by atoms with Crippen LogP contribution < -0.4 is 10.2 Å². The second kappa shape index (κ2) is 6.92. The second-order valence-electron chi connectivity index (χ2n) is 5.88. The number of benzene rings is 1. The third kappa shape index (κ3) is 3.47. The molecule has 5 heteroatoms. The first-order valence-corrected chi connectivity index (χ1v) is 8.04. The van der Waals surface area contributed by atoms with Gasteiger partial charge in [0.05, 0.1) is 6.10 Å². The van der Waals surface area contributed by atoms with E-state index in [9.17, 15) is 9.59 Å². The lowest BCUT2D eigenvalue weighted by Crippen LogP contribution is -2.28. The lowest BCUT2D eigenvalue weighted by atomic mass is 10.1. The molecule has 1 aromatic rings. The molecule has 0 aliphatic carbocycles. The Labute approximate surface area is 130 Å². The number of anilines is 1. The molecule has 2 aliphatic heterocycles. The number of rotatable bonds is 5. The molecular formula is C17H22N2O3. The summed E-state index contributed by atoms with van der Waals surface area (Å²) in [7, 11) is 0. The number of nitrogens with zero attached hydrogens (tertiary/aromatic N) is 1. The molecular weight excluding hydrogens is 280 g/mol. The van der Waals surface area contributed by atoms with Crippen LogP contribution in [-0.2, 0) is 9.53 Å². The largest absolute Gasteiger partial charge is 0.378 e. The summed E-state index contributed by atoms with van der Waals surface area (Å²) in [4.78, 5) is 25.8. The highest BCUT2D eigenvalue weighted by Gasteiger charge is 2.22. The van der Waals surface area contributed by atoms with Gasteiger partial charge in [0.25, 0.3) is 5.91 Å². The average Bonchev–Trinajstić information content (AvgIpc) is 3.19. The SMILES string of the molecule is O=C(NCC[C@H]1CCCO1)c1cccc(N2CCCC2=O)c1. The molecule has 2 fully saturated rings. The Morgan fingerprint density at radius 3 is 3.00 bits per heavy atom. The molecule has 118 valence electrons.